The highest BCUT2D eigenvalue weighted by molar-refractivity contribution is 5.72. The summed E-state index contributed by atoms with van der Waals surface area (Å²) in [6.45, 7) is 1.92. The first-order valence-corrected chi connectivity index (χ1v) is 4.62. The number of hydrogen-bond donors (Lipinski definition) is 1. The van der Waals surface area contributed by atoms with Crippen molar-refractivity contribution in [2.24, 2.45) is 0 Å². The van der Waals surface area contributed by atoms with E-state index in [-0.39, 0.29) is 5.91 Å². The summed E-state index contributed by atoms with van der Waals surface area (Å²) in [5.74, 6) is 1.42. The Hall–Kier alpha value is -1.71. The second-order valence-corrected chi connectivity index (χ2v) is 3.09. The summed E-state index contributed by atoms with van der Waals surface area (Å²) in [5, 5.41) is 2.71. The van der Waals surface area contributed by atoms with Gasteiger partial charge in [0, 0.05) is 19.0 Å². The standard InChI is InChI=1S/C11H15NO3/c1-8(13)12-7-9-6-10(14-2)4-5-11(9)15-3/h4-6H,7H2,1-3H3,(H,12,13). The molecule has 0 saturated carbocycles. The molecule has 4 nitrogen and oxygen atoms in total. The maximum Gasteiger partial charge on any atom is 0.217 e. The van der Waals surface area contributed by atoms with Crippen LogP contribution in [0.5, 0.6) is 11.5 Å². The molecule has 0 unspecified atom stereocenters. The molecule has 0 bridgehead atoms. The molecule has 0 aliphatic rings. The number of amides is 1. The highest BCUT2D eigenvalue weighted by Gasteiger charge is 2.05. The quantitative estimate of drug-likeness (QED) is 0.814. The maximum atomic E-state index is 10.8. The summed E-state index contributed by atoms with van der Waals surface area (Å²) in [4.78, 5) is 10.8. The second-order valence-electron chi connectivity index (χ2n) is 3.09. The minimum absolute atomic E-state index is 0.0696. The molecule has 82 valence electrons. The van der Waals surface area contributed by atoms with Crippen molar-refractivity contribution < 1.29 is 14.3 Å². The smallest absolute Gasteiger partial charge is 0.217 e. The SMILES string of the molecule is COc1ccc(OC)c(CNC(C)=O)c1. The monoisotopic (exact) mass is 209 g/mol. The number of carbonyl (C=O) groups is 1. The topological polar surface area (TPSA) is 47.6 Å². The maximum absolute atomic E-state index is 10.8. The fourth-order valence-corrected chi connectivity index (χ4v) is 1.24. The summed E-state index contributed by atoms with van der Waals surface area (Å²) in [6.07, 6.45) is 0. The molecule has 0 aliphatic heterocycles. The van der Waals surface area contributed by atoms with Crippen molar-refractivity contribution >= 4 is 5.91 Å². The lowest BCUT2D eigenvalue weighted by Gasteiger charge is -2.10. The fourth-order valence-electron chi connectivity index (χ4n) is 1.24. The Bertz CT molecular complexity index is 350. The van der Waals surface area contributed by atoms with Crippen LogP contribution >= 0.6 is 0 Å². The normalized spacial score (nSPS) is 9.53. The third-order valence-electron chi connectivity index (χ3n) is 2.02. The van der Waals surface area contributed by atoms with Gasteiger partial charge < -0.3 is 14.8 Å². The van der Waals surface area contributed by atoms with Crippen LogP contribution in [0.1, 0.15) is 12.5 Å². The van der Waals surface area contributed by atoms with Gasteiger partial charge >= 0.3 is 0 Å². The van der Waals surface area contributed by atoms with Crippen LogP contribution in [0.3, 0.4) is 0 Å². The fraction of sp³-hybridized carbons (Fsp3) is 0.364. The van der Waals surface area contributed by atoms with Crippen LogP contribution in [0.4, 0.5) is 0 Å². The van der Waals surface area contributed by atoms with Crippen molar-refractivity contribution in [2.45, 2.75) is 13.5 Å². The first-order chi connectivity index (χ1) is 7.17. The van der Waals surface area contributed by atoms with Gasteiger partial charge in [0.1, 0.15) is 11.5 Å². The van der Waals surface area contributed by atoms with Crippen molar-refractivity contribution in [2.75, 3.05) is 14.2 Å². The van der Waals surface area contributed by atoms with Crippen LogP contribution in [0.15, 0.2) is 18.2 Å². The largest absolute Gasteiger partial charge is 0.497 e. The van der Waals surface area contributed by atoms with Gasteiger partial charge in [-0.1, -0.05) is 0 Å². The van der Waals surface area contributed by atoms with Crippen molar-refractivity contribution in [3.8, 4) is 11.5 Å². The zero-order valence-electron chi connectivity index (χ0n) is 9.16. The molecule has 0 fully saturated rings. The molecule has 0 spiro atoms. The highest BCUT2D eigenvalue weighted by Crippen LogP contribution is 2.23. The zero-order chi connectivity index (χ0) is 11.3. The molecule has 1 aromatic rings. The van der Waals surface area contributed by atoms with Crippen LogP contribution in [-0.4, -0.2) is 20.1 Å². The average molecular weight is 209 g/mol. The van der Waals surface area contributed by atoms with Crippen LogP contribution < -0.4 is 14.8 Å². The predicted molar refractivity (Wildman–Crippen MR) is 57.1 cm³/mol. The van der Waals surface area contributed by atoms with Gasteiger partial charge in [-0.2, -0.15) is 0 Å². The van der Waals surface area contributed by atoms with Gasteiger partial charge in [-0.25, -0.2) is 0 Å². The molecule has 15 heavy (non-hydrogen) atoms. The predicted octanol–water partition coefficient (Wildman–Crippen LogP) is 1.34. The van der Waals surface area contributed by atoms with Crippen molar-refractivity contribution in [3.63, 3.8) is 0 Å². The molecular formula is C11H15NO3. The lowest BCUT2D eigenvalue weighted by Crippen LogP contribution is -2.19. The molecule has 4 heteroatoms. The number of benzene rings is 1. The van der Waals surface area contributed by atoms with Crippen molar-refractivity contribution in [1.82, 2.24) is 5.32 Å². The summed E-state index contributed by atoms with van der Waals surface area (Å²) in [5.41, 5.74) is 0.895. The summed E-state index contributed by atoms with van der Waals surface area (Å²) < 4.78 is 10.3. The number of carbonyl (C=O) groups excluding carboxylic acids is 1. The Labute approximate surface area is 89.2 Å². The van der Waals surface area contributed by atoms with E-state index >= 15 is 0 Å². The minimum Gasteiger partial charge on any atom is -0.497 e. The third-order valence-corrected chi connectivity index (χ3v) is 2.02. The number of rotatable bonds is 4. The lowest BCUT2D eigenvalue weighted by atomic mass is 10.2. The lowest BCUT2D eigenvalue weighted by molar-refractivity contribution is -0.119. The van der Waals surface area contributed by atoms with Crippen LogP contribution in [0.2, 0.25) is 0 Å². The second kappa shape index (κ2) is 5.24. The molecule has 1 aromatic carbocycles. The Morgan fingerprint density at radius 1 is 1.33 bits per heavy atom. The summed E-state index contributed by atoms with van der Waals surface area (Å²) in [6, 6.07) is 5.47. The van der Waals surface area contributed by atoms with Crippen molar-refractivity contribution in [1.29, 1.82) is 0 Å². The van der Waals surface area contributed by atoms with Crippen LogP contribution in [-0.2, 0) is 11.3 Å². The van der Waals surface area contributed by atoms with Gasteiger partial charge in [0.2, 0.25) is 5.91 Å². The van der Waals surface area contributed by atoms with E-state index in [4.69, 9.17) is 9.47 Å². The number of nitrogens with one attached hydrogen (secondary N) is 1. The van der Waals surface area contributed by atoms with Gasteiger partial charge in [-0.15, -0.1) is 0 Å². The van der Waals surface area contributed by atoms with E-state index in [0.717, 1.165) is 17.1 Å². The average Bonchev–Trinajstić information content (AvgIpc) is 2.25. The van der Waals surface area contributed by atoms with E-state index < -0.39 is 0 Å². The molecule has 0 atom stereocenters. The Balaban J connectivity index is 2.85. The summed E-state index contributed by atoms with van der Waals surface area (Å²) >= 11 is 0. The molecule has 0 heterocycles. The minimum atomic E-state index is -0.0696. The van der Waals surface area contributed by atoms with Crippen LogP contribution in [0.25, 0.3) is 0 Å². The van der Waals surface area contributed by atoms with E-state index in [1.165, 1.54) is 6.92 Å². The van der Waals surface area contributed by atoms with Gasteiger partial charge in [0.15, 0.2) is 0 Å². The van der Waals surface area contributed by atoms with Gasteiger partial charge in [-0.05, 0) is 18.2 Å². The van der Waals surface area contributed by atoms with Crippen LogP contribution in [0, 0.1) is 0 Å². The molecule has 1 N–H and O–H groups in total. The van der Waals surface area contributed by atoms with E-state index in [2.05, 4.69) is 5.32 Å². The number of ether oxygens (including phenoxy) is 2. The number of hydrogen-bond acceptors (Lipinski definition) is 3. The first kappa shape index (κ1) is 11.4. The van der Waals surface area contributed by atoms with E-state index in [1.807, 2.05) is 18.2 Å². The molecule has 0 aliphatic carbocycles. The van der Waals surface area contributed by atoms with Gasteiger partial charge in [0.25, 0.3) is 0 Å². The van der Waals surface area contributed by atoms with E-state index in [9.17, 15) is 4.79 Å². The molecule has 1 rings (SSSR count). The molecule has 0 radical (unpaired) electrons. The number of methoxy groups -OCH3 is 2. The Morgan fingerprint density at radius 3 is 2.60 bits per heavy atom. The zero-order valence-corrected chi connectivity index (χ0v) is 9.16. The highest BCUT2D eigenvalue weighted by atomic mass is 16.5. The third kappa shape index (κ3) is 3.16. The first-order valence-electron chi connectivity index (χ1n) is 4.62. The Morgan fingerprint density at radius 2 is 2.07 bits per heavy atom. The Kier molecular flexibility index (Phi) is 3.97. The van der Waals surface area contributed by atoms with Gasteiger partial charge in [-0.3, -0.25) is 4.79 Å². The van der Waals surface area contributed by atoms with E-state index in [0.29, 0.717) is 6.54 Å². The van der Waals surface area contributed by atoms with Gasteiger partial charge in [0.05, 0.1) is 14.2 Å². The summed E-state index contributed by atoms with van der Waals surface area (Å²) in [7, 11) is 3.20. The molecular weight excluding hydrogens is 194 g/mol. The molecule has 1 amide bonds. The molecule has 0 saturated heterocycles. The van der Waals surface area contributed by atoms with Crippen molar-refractivity contribution in [3.05, 3.63) is 23.8 Å². The molecule has 0 aromatic heterocycles. The van der Waals surface area contributed by atoms with E-state index in [1.54, 1.807) is 14.2 Å².